The number of aliphatic hydroxyl groups excluding tert-OH is 1. The molecule has 1 aromatic heterocycles. The number of aliphatic hydroxyl groups is 1. The van der Waals surface area contributed by atoms with E-state index in [4.69, 9.17) is 9.84 Å². The van der Waals surface area contributed by atoms with Gasteiger partial charge in [-0.05, 0) is 0 Å². The van der Waals surface area contributed by atoms with Crippen LogP contribution in [-0.2, 0) is 9.30 Å². The predicted octanol–water partition coefficient (Wildman–Crippen LogP) is -0.195. The van der Waals surface area contributed by atoms with Gasteiger partial charge in [0.05, 0.1) is 0 Å². The predicted molar refractivity (Wildman–Crippen MR) is 62.1 cm³/mol. The number of aromatic amines is 1. The van der Waals surface area contributed by atoms with E-state index in [0.717, 1.165) is 0 Å². The maximum absolute atomic E-state index is 11.6. The van der Waals surface area contributed by atoms with Crippen LogP contribution >= 0.6 is 7.92 Å². The minimum atomic E-state index is -0.642. The maximum atomic E-state index is 11.6. The van der Waals surface area contributed by atoms with Gasteiger partial charge in [-0.3, -0.25) is 0 Å². The zero-order valence-electron chi connectivity index (χ0n) is 9.33. The first kappa shape index (κ1) is 13.1. The molecular formula is C10H11N2O5P. The summed E-state index contributed by atoms with van der Waals surface area (Å²) in [5.74, 6) is 0. The molecule has 2 rings (SSSR count). The topological polar surface area (TPSA) is 101 Å². The summed E-state index contributed by atoms with van der Waals surface area (Å²) < 4.78 is 17.1. The van der Waals surface area contributed by atoms with Crippen molar-refractivity contribution in [2.24, 2.45) is 0 Å². The molecule has 8 heteroatoms. The van der Waals surface area contributed by atoms with Gasteiger partial charge in [0.25, 0.3) is 0 Å². The van der Waals surface area contributed by atoms with Crippen LogP contribution in [0.2, 0.25) is 0 Å². The number of hydrogen-bond donors (Lipinski definition) is 2. The van der Waals surface area contributed by atoms with Crippen molar-refractivity contribution in [2.75, 3.05) is 6.61 Å². The number of H-pyrrole nitrogens is 1. The third-order valence-electron chi connectivity index (χ3n) is 2.73. The second-order valence-electron chi connectivity index (χ2n) is 3.89. The molecule has 0 radical (unpaired) electrons. The van der Waals surface area contributed by atoms with Crippen molar-refractivity contribution in [1.29, 1.82) is 0 Å². The van der Waals surface area contributed by atoms with Gasteiger partial charge in [0.1, 0.15) is 0 Å². The van der Waals surface area contributed by atoms with Crippen LogP contribution in [0.1, 0.15) is 24.6 Å². The second kappa shape index (κ2) is 5.50. The second-order valence-corrected chi connectivity index (χ2v) is 4.29. The first-order valence-electron chi connectivity index (χ1n) is 5.36. The van der Waals surface area contributed by atoms with E-state index in [0.29, 0.717) is 12.8 Å². The van der Waals surface area contributed by atoms with E-state index in [2.05, 4.69) is 10.6 Å². The molecule has 1 aromatic rings. The summed E-state index contributed by atoms with van der Waals surface area (Å²) in [5.41, 5.74) is 1.07. The van der Waals surface area contributed by atoms with Crippen LogP contribution in [0, 0.1) is 5.63 Å². The quantitative estimate of drug-likeness (QED) is 0.725. The van der Waals surface area contributed by atoms with Gasteiger partial charge in [-0.2, -0.15) is 0 Å². The van der Waals surface area contributed by atoms with Crippen LogP contribution in [0.4, 0.5) is 0 Å². The van der Waals surface area contributed by atoms with Crippen LogP contribution in [0.5, 0.6) is 0 Å². The molecule has 2 atom stereocenters. The molecule has 0 amide bonds. The average molecular weight is 270 g/mol. The number of aromatic nitrogens is 2. The summed E-state index contributed by atoms with van der Waals surface area (Å²) in [6, 6.07) is 0. The molecular weight excluding hydrogens is 259 g/mol. The molecule has 18 heavy (non-hydrogen) atoms. The molecule has 0 aliphatic carbocycles. The molecule has 96 valence electrons. The van der Waals surface area contributed by atoms with Crippen LogP contribution in [0.3, 0.4) is 0 Å². The Bertz CT molecular complexity index is 659. The van der Waals surface area contributed by atoms with E-state index >= 15 is 0 Å². The molecule has 1 saturated heterocycles. The average Bonchev–Trinajstić information content (AvgIpc) is 2.81. The van der Waals surface area contributed by atoms with Crippen molar-refractivity contribution < 1.29 is 14.4 Å². The Morgan fingerprint density at radius 2 is 2.33 bits per heavy atom. The van der Waals surface area contributed by atoms with Crippen molar-refractivity contribution in [1.82, 2.24) is 9.55 Å². The van der Waals surface area contributed by atoms with Gasteiger partial charge in [0.15, 0.2) is 0 Å². The van der Waals surface area contributed by atoms with Crippen molar-refractivity contribution in [3.8, 4) is 5.63 Å². The summed E-state index contributed by atoms with van der Waals surface area (Å²) >= 11 is 0. The summed E-state index contributed by atoms with van der Waals surface area (Å²) in [4.78, 5) is 25.1. The molecule has 2 heterocycles. The van der Waals surface area contributed by atoms with Crippen LogP contribution in [-0.4, -0.2) is 27.4 Å². The number of nitrogens with one attached hydrogen (secondary N) is 1. The van der Waals surface area contributed by atoms with E-state index in [1.165, 1.54) is 10.8 Å². The number of rotatable bonds is 2. The van der Waals surface area contributed by atoms with E-state index in [-0.39, 0.29) is 18.3 Å². The van der Waals surface area contributed by atoms with Crippen molar-refractivity contribution >= 4 is 7.92 Å². The Labute approximate surface area is 103 Å². The molecule has 0 bridgehead atoms. The number of nitrogens with zero attached hydrogens (tertiary/aromatic N) is 1. The summed E-state index contributed by atoms with van der Waals surface area (Å²) in [7, 11) is -0.435. The third kappa shape index (κ3) is 2.54. The summed E-state index contributed by atoms with van der Waals surface area (Å²) in [6.07, 6.45) is 1.62. The molecule has 0 aromatic carbocycles. The molecule has 7 nitrogen and oxygen atoms in total. The molecule has 0 spiro atoms. The van der Waals surface area contributed by atoms with Crippen molar-refractivity contribution in [3.05, 3.63) is 32.6 Å². The zero-order valence-corrected chi connectivity index (χ0v) is 10.2. The Morgan fingerprint density at radius 3 is 2.94 bits per heavy atom. The van der Waals surface area contributed by atoms with E-state index in [9.17, 15) is 14.2 Å². The van der Waals surface area contributed by atoms with Crippen molar-refractivity contribution in [2.45, 2.75) is 25.2 Å². The van der Waals surface area contributed by atoms with Gasteiger partial charge in [0, 0.05) is 0 Å². The normalized spacial score (nSPS) is 22.7. The number of hydrogen-bond acceptors (Lipinski definition) is 5. The van der Waals surface area contributed by atoms with Crippen molar-refractivity contribution in [3.63, 3.8) is 0 Å². The molecule has 0 unspecified atom stereocenters. The van der Waals surface area contributed by atoms with Crippen LogP contribution in [0.25, 0.3) is 0 Å². The van der Waals surface area contributed by atoms with Gasteiger partial charge < -0.3 is 0 Å². The standard InChI is InChI=1S/C10H11N2O5P/c13-4-7-1-2-8(17-7)12-3-6(5-18-16)9(14)11-10(12)15/h3,7-8,13H,1-2,4H2,(H,11,14,15)/t7-,8+/m0/s1. The fourth-order valence-corrected chi connectivity index (χ4v) is 2.11. The Balaban J connectivity index is 2.41. The first-order valence-corrected chi connectivity index (χ1v) is 6.17. The minimum absolute atomic E-state index is 0.0160. The Hall–Kier alpha value is -1.39. The van der Waals surface area contributed by atoms with Gasteiger partial charge in [-0.1, -0.05) is 0 Å². The molecule has 0 saturated carbocycles. The van der Waals surface area contributed by atoms with E-state index < -0.39 is 25.4 Å². The summed E-state index contributed by atoms with van der Waals surface area (Å²) in [6.45, 7) is -0.112. The van der Waals surface area contributed by atoms with Crippen LogP contribution < -0.4 is 11.2 Å². The fourth-order valence-electron chi connectivity index (χ4n) is 1.85. The van der Waals surface area contributed by atoms with Gasteiger partial charge in [0.2, 0.25) is 0 Å². The summed E-state index contributed by atoms with van der Waals surface area (Å²) in [5, 5.41) is 8.96. The molecule has 1 fully saturated rings. The molecule has 1 aliphatic heterocycles. The van der Waals surface area contributed by atoms with E-state index in [1.807, 2.05) is 0 Å². The zero-order chi connectivity index (χ0) is 13.1. The third-order valence-corrected chi connectivity index (χ3v) is 3.07. The fraction of sp³-hybridized carbons (Fsp3) is 0.500. The van der Waals surface area contributed by atoms with E-state index in [1.54, 1.807) is 0 Å². The SMILES string of the molecule is O=P#Cc1cn([C@H]2CC[C@@H](CO)O2)c(=O)[nH]c1=O. The monoisotopic (exact) mass is 270 g/mol. The number of ether oxygens (including phenoxy) is 1. The first-order chi connectivity index (χ1) is 8.65. The van der Waals surface area contributed by atoms with Gasteiger partial charge in [-0.15, -0.1) is 0 Å². The Morgan fingerprint density at radius 1 is 1.56 bits per heavy atom. The molecule has 1 aliphatic rings. The van der Waals surface area contributed by atoms with Crippen LogP contribution in [0.15, 0.2) is 15.8 Å². The van der Waals surface area contributed by atoms with Gasteiger partial charge in [-0.25, -0.2) is 0 Å². The Kier molecular flexibility index (Phi) is 3.99. The van der Waals surface area contributed by atoms with Gasteiger partial charge >= 0.3 is 102 Å². The molecule has 2 N–H and O–H groups in total.